The topological polar surface area (TPSA) is 58.2 Å². The summed E-state index contributed by atoms with van der Waals surface area (Å²) in [6, 6.07) is 4.53. The van der Waals surface area contributed by atoms with E-state index in [0.29, 0.717) is 22.2 Å². The third-order valence-electron chi connectivity index (χ3n) is 1.97. The number of carbonyl (C=O) groups is 2. The molecule has 2 amide bonds. The van der Waals surface area contributed by atoms with Gasteiger partial charge in [-0.3, -0.25) is 9.59 Å². The molecule has 1 rings (SSSR count). The summed E-state index contributed by atoms with van der Waals surface area (Å²) in [6.07, 6.45) is 0. The average Bonchev–Trinajstić information content (AvgIpc) is 2.30. The molecule has 0 fully saturated rings. The van der Waals surface area contributed by atoms with E-state index in [1.165, 1.54) is 12.1 Å². The van der Waals surface area contributed by atoms with Crippen LogP contribution in [0.5, 0.6) is 0 Å². The number of rotatable bonds is 4. The predicted octanol–water partition coefficient (Wildman–Crippen LogP) is 1.86. The second-order valence-corrected chi connectivity index (χ2v) is 4.08. The van der Waals surface area contributed by atoms with E-state index in [0.717, 1.165) is 0 Å². The van der Waals surface area contributed by atoms with Crippen LogP contribution in [0.4, 0.5) is 0 Å². The molecule has 0 aromatic heterocycles. The molecule has 17 heavy (non-hydrogen) atoms. The van der Waals surface area contributed by atoms with E-state index in [1.807, 2.05) is 0 Å². The van der Waals surface area contributed by atoms with Gasteiger partial charge in [0.05, 0.1) is 16.6 Å². The summed E-state index contributed by atoms with van der Waals surface area (Å²) in [5.41, 5.74) is 0.365. The Bertz CT molecular complexity index is 435. The van der Waals surface area contributed by atoms with E-state index in [4.69, 9.17) is 23.2 Å². The zero-order valence-electron chi connectivity index (χ0n) is 9.22. The number of halogens is 2. The fraction of sp³-hybridized carbons (Fsp3) is 0.273. The predicted molar refractivity (Wildman–Crippen MR) is 67.5 cm³/mol. The molecule has 0 spiro atoms. The van der Waals surface area contributed by atoms with Crippen LogP contribution in [0.2, 0.25) is 10.0 Å². The maximum atomic E-state index is 11.6. The quantitative estimate of drug-likeness (QED) is 0.881. The summed E-state index contributed by atoms with van der Waals surface area (Å²) in [5.74, 6) is -0.601. The van der Waals surface area contributed by atoms with E-state index in [-0.39, 0.29) is 18.4 Å². The summed E-state index contributed by atoms with van der Waals surface area (Å²) in [5, 5.41) is 5.73. The minimum atomic E-state index is -0.366. The number of amides is 2. The van der Waals surface area contributed by atoms with Gasteiger partial charge in [-0.1, -0.05) is 23.2 Å². The highest BCUT2D eigenvalue weighted by molar-refractivity contribution is 6.42. The zero-order valence-corrected chi connectivity index (χ0v) is 10.7. The Balaban J connectivity index is 2.58. The Morgan fingerprint density at radius 1 is 1.18 bits per heavy atom. The molecule has 0 aliphatic rings. The number of hydrogen-bond donors (Lipinski definition) is 2. The van der Waals surface area contributed by atoms with Crippen molar-refractivity contribution in [3.8, 4) is 0 Å². The monoisotopic (exact) mass is 274 g/mol. The van der Waals surface area contributed by atoms with Crippen molar-refractivity contribution in [1.82, 2.24) is 10.6 Å². The van der Waals surface area contributed by atoms with Crippen molar-refractivity contribution in [1.29, 1.82) is 0 Å². The van der Waals surface area contributed by atoms with Gasteiger partial charge in [0.2, 0.25) is 5.91 Å². The van der Waals surface area contributed by atoms with E-state index in [9.17, 15) is 9.59 Å². The van der Waals surface area contributed by atoms with E-state index in [2.05, 4.69) is 10.6 Å². The van der Waals surface area contributed by atoms with Crippen molar-refractivity contribution < 1.29 is 9.59 Å². The van der Waals surface area contributed by atoms with E-state index in [1.54, 1.807) is 13.0 Å². The van der Waals surface area contributed by atoms with E-state index < -0.39 is 0 Å². The zero-order chi connectivity index (χ0) is 12.8. The number of benzene rings is 1. The maximum Gasteiger partial charge on any atom is 0.251 e. The lowest BCUT2D eigenvalue weighted by Crippen LogP contribution is -2.36. The molecule has 92 valence electrons. The van der Waals surface area contributed by atoms with Crippen LogP contribution in [-0.2, 0) is 4.79 Å². The second-order valence-electron chi connectivity index (χ2n) is 3.27. The van der Waals surface area contributed by atoms with Crippen molar-refractivity contribution in [3.63, 3.8) is 0 Å². The van der Waals surface area contributed by atoms with Gasteiger partial charge in [0.25, 0.3) is 5.91 Å². The Kier molecular flexibility index (Phi) is 5.25. The summed E-state index contributed by atoms with van der Waals surface area (Å²) in [7, 11) is 0. The molecule has 0 unspecified atom stereocenters. The smallest absolute Gasteiger partial charge is 0.251 e. The Morgan fingerprint density at radius 3 is 2.47 bits per heavy atom. The lowest BCUT2D eigenvalue weighted by Gasteiger charge is -2.06. The summed E-state index contributed by atoms with van der Waals surface area (Å²) in [6.45, 7) is 2.27. The fourth-order valence-electron chi connectivity index (χ4n) is 1.16. The van der Waals surface area contributed by atoms with E-state index >= 15 is 0 Å². The van der Waals surface area contributed by atoms with Gasteiger partial charge in [-0.05, 0) is 25.1 Å². The minimum absolute atomic E-state index is 0.0626. The first-order valence-corrected chi connectivity index (χ1v) is 5.80. The highest BCUT2D eigenvalue weighted by Crippen LogP contribution is 2.22. The van der Waals surface area contributed by atoms with Crippen molar-refractivity contribution in [3.05, 3.63) is 33.8 Å². The Labute approximate surface area is 109 Å². The first-order valence-electron chi connectivity index (χ1n) is 5.04. The van der Waals surface area contributed by atoms with Gasteiger partial charge in [-0.2, -0.15) is 0 Å². The molecule has 2 N–H and O–H groups in total. The SMILES string of the molecule is CCNC(=O)CNC(=O)c1ccc(Cl)c(Cl)c1. The molecule has 6 heteroatoms. The molecular formula is C11H12Cl2N2O2. The molecule has 4 nitrogen and oxygen atoms in total. The largest absolute Gasteiger partial charge is 0.355 e. The van der Waals surface area contributed by atoms with Crippen LogP contribution in [0.15, 0.2) is 18.2 Å². The summed E-state index contributed by atoms with van der Waals surface area (Å²) in [4.78, 5) is 22.8. The average molecular weight is 275 g/mol. The molecule has 1 aromatic carbocycles. The van der Waals surface area contributed by atoms with Crippen molar-refractivity contribution in [2.45, 2.75) is 6.92 Å². The van der Waals surface area contributed by atoms with Crippen molar-refractivity contribution in [2.75, 3.05) is 13.1 Å². The molecule has 0 saturated carbocycles. The number of nitrogens with one attached hydrogen (secondary N) is 2. The highest BCUT2D eigenvalue weighted by Gasteiger charge is 2.09. The van der Waals surface area contributed by atoms with Crippen LogP contribution in [-0.4, -0.2) is 24.9 Å². The first kappa shape index (κ1) is 13.8. The lowest BCUT2D eigenvalue weighted by atomic mass is 10.2. The standard InChI is InChI=1S/C11H12Cl2N2O2/c1-2-14-10(16)6-15-11(17)7-3-4-8(12)9(13)5-7/h3-5H,2,6H2,1H3,(H,14,16)(H,15,17). The maximum absolute atomic E-state index is 11.6. The normalized spacial score (nSPS) is 9.82. The molecule has 0 heterocycles. The lowest BCUT2D eigenvalue weighted by molar-refractivity contribution is -0.120. The Hall–Kier alpha value is -1.26. The molecular weight excluding hydrogens is 263 g/mol. The number of carbonyl (C=O) groups excluding carboxylic acids is 2. The minimum Gasteiger partial charge on any atom is -0.355 e. The number of likely N-dealkylation sites (N-methyl/N-ethyl adjacent to an activating group) is 1. The molecule has 0 aliphatic heterocycles. The van der Waals surface area contributed by atoms with Gasteiger partial charge in [-0.15, -0.1) is 0 Å². The van der Waals surface area contributed by atoms with Gasteiger partial charge in [-0.25, -0.2) is 0 Å². The van der Waals surface area contributed by atoms with Gasteiger partial charge in [0, 0.05) is 12.1 Å². The van der Waals surface area contributed by atoms with Crippen molar-refractivity contribution >= 4 is 35.0 Å². The first-order chi connectivity index (χ1) is 8.04. The van der Waals surface area contributed by atoms with Gasteiger partial charge in [0.1, 0.15) is 0 Å². The van der Waals surface area contributed by atoms with Crippen LogP contribution in [0.1, 0.15) is 17.3 Å². The van der Waals surface area contributed by atoms with Crippen molar-refractivity contribution in [2.24, 2.45) is 0 Å². The summed E-state index contributed by atoms with van der Waals surface area (Å²) < 4.78 is 0. The van der Waals surface area contributed by atoms with Gasteiger partial charge < -0.3 is 10.6 Å². The molecule has 0 atom stereocenters. The van der Waals surface area contributed by atoms with Gasteiger partial charge in [0.15, 0.2) is 0 Å². The molecule has 0 radical (unpaired) electrons. The summed E-state index contributed by atoms with van der Waals surface area (Å²) >= 11 is 11.5. The van der Waals surface area contributed by atoms with Crippen LogP contribution in [0, 0.1) is 0 Å². The van der Waals surface area contributed by atoms with Crippen LogP contribution >= 0.6 is 23.2 Å². The third-order valence-corrected chi connectivity index (χ3v) is 2.70. The highest BCUT2D eigenvalue weighted by atomic mass is 35.5. The van der Waals surface area contributed by atoms with Crippen LogP contribution in [0.3, 0.4) is 0 Å². The molecule has 0 saturated heterocycles. The molecule has 0 aliphatic carbocycles. The van der Waals surface area contributed by atoms with Crippen LogP contribution < -0.4 is 10.6 Å². The Morgan fingerprint density at radius 2 is 1.88 bits per heavy atom. The molecule has 1 aromatic rings. The van der Waals surface area contributed by atoms with Crippen LogP contribution in [0.25, 0.3) is 0 Å². The molecule has 0 bridgehead atoms. The van der Waals surface area contributed by atoms with Gasteiger partial charge >= 0.3 is 0 Å². The number of hydrogen-bond acceptors (Lipinski definition) is 2. The fourth-order valence-corrected chi connectivity index (χ4v) is 1.46. The third kappa shape index (κ3) is 4.24. The second kappa shape index (κ2) is 6.47.